The van der Waals surface area contributed by atoms with E-state index in [2.05, 4.69) is 32.0 Å². The van der Waals surface area contributed by atoms with E-state index in [1.807, 2.05) is 88.6 Å². The standard InChI is InChI=1S/C22H23N5O.C8H15NO/c1-14(2)6-10-21(23-5)26-17-7-9-19-20(12-17)27(13-24-19)22-11-8-18(16(4)28)15(3)25-22;1-5-10-8(9-4)6-7(2)3/h6-13,26H,5H2,1-4H3;6H,5H2,1-4H3/b21-10+;. The Morgan fingerprint density at radius 3 is 2.39 bits per heavy atom. The van der Waals surface area contributed by atoms with Crippen molar-refractivity contribution < 1.29 is 9.53 Å². The van der Waals surface area contributed by atoms with Gasteiger partial charge in [0.15, 0.2) is 5.78 Å². The maximum absolute atomic E-state index is 11.7. The number of hydrogen-bond donors (Lipinski definition) is 1. The predicted octanol–water partition coefficient (Wildman–Crippen LogP) is 6.87. The monoisotopic (exact) mass is 514 g/mol. The van der Waals surface area contributed by atoms with Crippen LogP contribution in [0.1, 0.15) is 57.6 Å². The van der Waals surface area contributed by atoms with Gasteiger partial charge in [-0.3, -0.25) is 14.4 Å². The number of aryl methyl sites for hydroxylation is 1. The lowest BCUT2D eigenvalue weighted by Gasteiger charge is -2.09. The number of Topliss-reactive ketones (excluding diaryl/α,β-unsaturated/α-hetero) is 1. The normalized spacial score (nSPS) is 11.3. The Labute approximate surface area is 225 Å². The molecule has 1 aromatic carbocycles. The third kappa shape index (κ3) is 8.65. The lowest BCUT2D eigenvalue weighted by Crippen LogP contribution is -2.03. The number of ketones is 1. The molecule has 0 aliphatic heterocycles. The minimum Gasteiger partial charge on any atom is -0.478 e. The number of allylic oxidation sites excluding steroid dienone is 4. The quantitative estimate of drug-likeness (QED) is 0.153. The van der Waals surface area contributed by atoms with E-state index in [1.165, 1.54) is 11.1 Å². The zero-order chi connectivity index (χ0) is 28.2. The average Bonchev–Trinajstić information content (AvgIpc) is 3.29. The zero-order valence-electron chi connectivity index (χ0n) is 23.7. The molecule has 0 radical (unpaired) electrons. The summed E-state index contributed by atoms with van der Waals surface area (Å²) in [4.78, 5) is 28.6. The number of ether oxygens (including phenoxy) is 1. The van der Waals surface area contributed by atoms with E-state index in [9.17, 15) is 4.79 Å². The van der Waals surface area contributed by atoms with Crippen LogP contribution in [0.25, 0.3) is 16.9 Å². The van der Waals surface area contributed by atoms with Gasteiger partial charge in [0.25, 0.3) is 0 Å². The minimum atomic E-state index is 0.00568. The number of carbonyl (C=O) groups is 1. The predicted molar refractivity (Wildman–Crippen MR) is 159 cm³/mol. The molecule has 0 unspecified atom stereocenters. The number of imidazole rings is 1. The Kier molecular flexibility index (Phi) is 11.3. The molecule has 1 N–H and O–H groups in total. The van der Waals surface area contributed by atoms with Crippen LogP contribution in [0.3, 0.4) is 0 Å². The van der Waals surface area contributed by atoms with Crippen LogP contribution in [0.15, 0.2) is 81.8 Å². The molecule has 0 spiro atoms. The molecular weight excluding hydrogens is 476 g/mol. The molecule has 0 saturated heterocycles. The number of aliphatic imine (C=N–C) groups is 2. The first kappa shape index (κ1) is 29.9. The number of aromatic nitrogens is 3. The number of hydrogen-bond acceptors (Lipinski definition) is 7. The first-order chi connectivity index (χ1) is 18.1. The van der Waals surface area contributed by atoms with E-state index in [0.717, 1.165) is 16.7 Å². The Balaban J connectivity index is 0.000000432. The van der Waals surface area contributed by atoms with E-state index in [1.54, 1.807) is 26.4 Å². The van der Waals surface area contributed by atoms with Gasteiger partial charge in [-0.05, 0) is 97.7 Å². The Morgan fingerprint density at radius 2 is 1.84 bits per heavy atom. The number of nitrogens with zero attached hydrogens (tertiary/aromatic N) is 5. The van der Waals surface area contributed by atoms with Crippen LogP contribution in [-0.4, -0.2) is 46.6 Å². The molecule has 2 aromatic heterocycles. The highest BCUT2D eigenvalue weighted by molar-refractivity contribution is 5.95. The number of anilines is 1. The van der Waals surface area contributed by atoms with Crippen LogP contribution in [0.5, 0.6) is 0 Å². The molecule has 0 aliphatic carbocycles. The lowest BCUT2D eigenvalue weighted by atomic mass is 10.1. The van der Waals surface area contributed by atoms with Crippen LogP contribution in [0.4, 0.5) is 5.69 Å². The molecule has 2 heterocycles. The molecule has 0 saturated carbocycles. The fourth-order valence-electron chi connectivity index (χ4n) is 3.42. The minimum absolute atomic E-state index is 0.00568. The van der Waals surface area contributed by atoms with Gasteiger partial charge in [-0.15, -0.1) is 0 Å². The highest BCUT2D eigenvalue weighted by Crippen LogP contribution is 2.23. The van der Waals surface area contributed by atoms with E-state index in [0.29, 0.717) is 35.4 Å². The zero-order valence-corrected chi connectivity index (χ0v) is 23.7. The van der Waals surface area contributed by atoms with Crippen LogP contribution in [0.2, 0.25) is 0 Å². The van der Waals surface area contributed by atoms with Crippen LogP contribution < -0.4 is 5.32 Å². The van der Waals surface area contributed by atoms with E-state index >= 15 is 0 Å². The molecule has 0 atom stereocenters. The van der Waals surface area contributed by atoms with Crippen molar-refractivity contribution in [3.8, 4) is 5.82 Å². The third-order valence-electron chi connectivity index (χ3n) is 5.19. The molecule has 200 valence electrons. The number of pyridine rings is 1. The van der Waals surface area contributed by atoms with E-state index < -0.39 is 0 Å². The molecule has 38 heavy (non-hydrogen) atoms. The summed E-state index contributed by atoms with van der Waals surface area (Å²) in [5, 5.41) is 3.26. The summed E-state index contributed by atoms with van der Waals surface area (Å²) in [6.07, 6.45) is 7.51. The summed E-state index contributed by atoms with van der Waals surface area (Å²) in [6.45, 7) is 17.7. The Hall–Kier alpha value is -4.33. The molecule has 0 aliphatic rings. The van der Waals surface area contributed by atoms with Crippen molar-refractivity contribution in [3.05, 3.63) is 83.1 Å². The van der Waals surface area contributed by atoms with E-state index in [4.69, 9.17) is 4.74 Å². The SMILES string of the molecule is C=N/C(=C\C=C(C)C)Nc1ccc2ncn(-c3ccc(C(C)=O)c(C)n3)c2c1.CCOC(C=C(C)C)=NC. The summed E-state index contributed by atoms with van der Waals surface area (Å²) in [7, 11) is 1.73. The maximum Gasteiger partial charge on any atom is 0.208 e. The van der Waals surface area contributed by atoms with Crippen LogP contribution >= 0.6 is 0 Å². The van der Waals surface area contributed by atoms with Crippen molar-refractivity contribution in [3.63, 3.8) is 0 Å². The van der Waals surface area contributed by atoms with Gasteiger partial charge in [-0.2, -0.15) is 0 Å². The largest absolute Gasteiger partial charge is 0.478 e. The van der Waals surface area contributed by atoms with Crippen molar-refractivity contribution >= 4 is 35.1 Å². The summed E-state index contributed by atoms with van der Waals surface area (Å²) in [5.74, 6) is 2.09. The molecule has 0 fully saturated rings. The Bertz CT molecular complexity index is 1400. The molecule has 3 aromatic rings. The first-order valence-electron chi connectivity index (χ1n) is 12.4. The number of fused-ring (bicyclic) bond motifs is 1. The number of rotatable bonds is 8. The second-order valence-electron chi connectivity index (χ2n) is 8.97. The highest BCUT2D eigenvalue weighted by atomic mass is 16.5. The number of nitrogens with one attached hydrogen (secondary N) is 1. The van der Waals surface area contributed by atoms with Gasteiger partial charge in [-0.1, -0.05) is 17.2 Å². The summed E-state index contributed by atoms with van der Waals surface area (Å²) in [5.41, 5.74) is 6.32. The number of carbonyl (C=O) groups excluding carboxylic acids is 1. The van der Waals surface area contributed by atoms with E-state index in [-0.39, 0.29) is 5.78 Å². The van der Waals surface area contributed by atoms with Gasteiger partial charge in [0.1, 0.15) is 18.0 Å². The molecule has 3 rings (SSSR count). The van der Waals surface area contributed by atoms with Gasteiger partial charge in [0.05, 0.1) is 23.3 Å². The fourth-order valence-corrected chi connectivity index (χ4v) is 3.42. The van der Waals surface area contributed by atoms with Crippen molar-refractivity contribution in [1.29, 1.82) is 0 Å². The van der Waals surface area contributed by atoms with Gasteiger partial charge in [0, 0.05) is 18.3 Å². The number of benzene rings is 1. The highest BCUT2D eigenvalue weighted by Gasteiger charge is 2.11. The first-order valence-corrected chi connectivity index (χ1v) is 12.4. The second-order valence-corrected chi connectivity index (χ2v) is 8.97. The Morgan fingerprint density at radius 1 is 1.11 bits per heavy atom. The topological polar surface area (TPSA) is 93.8 Å². The molecule has 0 amide bonds. The third-order valence-corrected chi connectivity index (χ3v) is 5.19. The van der Waals surface area contributed by atoms with Crippen molar-refractivity contribution in [2.24, 2.45) is 9.98 Å². The summed E-state index contributed by atoms with van der Waals surface area (Å²) in [6, 6.07) is 9.50. The summed E-state index contributed by atoms with van der Waals surface area (Å²) < 4.78 is 7.08. The van der Waals surface area contributed by atoms with Crippen LogP contribution in [-0.2, 0) is 4.74 Å². The van der Waals surface area contributed by atoms with Crippen molar-refractivity contribution in [1.82, 2.24) is 14.5 Å². The molecule has 8 nitrogen and oxygen atoms in total. The lowest BCUT2D eigenvalue weighted by molar-refractivity contribution is 0.101. The molecule has 0 bridgehead atoms. The second kappa shape index (κ2) is 14.4. The van der Waals surface area contributed by atoms with Crippen molar-refractivity contribution in [2.45, 2.75) is 48.5 Å². The summed E-state index contributed by atoms with van der Waals surface area (Å²) >= 11 is 0. The fraction of sp³-hybridized carbons (Fsp3) is 0.300. The van der Waals surface area contributed by atoms with Gasteiger partial charge < -0.3 is 10.1 Å². The van der Waals surface area contributed by atoms with Crippen molar-refractivity contribution in [2.75, 3.05) is 19.0 Å². The molecule has 8 heteroatoms. The van der Waals surface area contributed by atoms with Gasteiger partial charge in [-0.25, -0.2) is 15.0 Å². The van der Waals surface area contributed by atoms with Crippen LogP contribution in [0, 0.1) is 6.92 Å². The van der Waals surface area contributed by atoms with Gasteiger partial charge in [0.2, 0.25) is 5.90 Å². The average molecular weight is 515 g/mol. The van der Waals surface area contributed by atoms with Gasteiger partial charge >= 0.3 is 0 Å². The maximum atomic E-state index is 11.7. The molecular formula is C30H38N6O2. The smallest absolute Gasteiger partial charge is 0.208 e.